The fraction of sp³-hybridized carbons (Fsp3) is 0.167. The second kappa shape index (κ2) is 7.35. The third-order valence-electron chi connectivity index (χ3n) is 3.71. The SMILES string of the molecule is COc1ccc(S(=O)(=O)Nc2ccc(-c3csc(C)n3)cc2)c(OC)c1. The van der Waals surface area contributed by atoms with Gasteiger partial charge in [0.2, 0.25) is 0 Å². The van der Waals surface area contributed by atoms with Crippen molar-refractivity contribution in [3.8, 4) is 22.8 Å². The summed E-state index contributed by atoms with van der Waals surface area (Å²) in [6.45, 7) is 1.94. The number of sulfonamides is 1. The summed E-state index contributed by atoms with van der Waals surface area (Å²) in [6.07, 6.45) is 0. The van der Waals surface area contributed by atoms with Gasteiger partial charge in [-0.15, -0.1) is 11.3 Å². The first-order chi connectivity index (χ1) is 12.4. The van der Waals surface area contributed by atoms with E-state index in [1.807, 2.05) is 24.4 Å². The summed E-state index contributed by atoms with van der Waals surface area (Å²) in [5, 5.41) is 2.95. The quantitative estimate of drug-likeness (QED) is 0.690. The predicted molar refractivity (Wildman–Crippen MR) is 103 cm³/mol. The Morgan fingerprint density at radius 2 is 1.77 bits per heavy atom. The number of aromatic nitrogens is 1. The Balaban J connectivity index is 1.86. The summed E-state index contributed by atoms with van der Waals surface area (Å²) >= 11 is 1.57. The molecule has 26 heavy (non-hydrogen) atoms. The fourth-order valence-electron chi connectivity index (χ4n) is 2.41. The van der Waals surface area contributed by atoms with Crippen molar-refractivity contribution < 1.29 is 17.9 Å². The Morgan fingerprint density at radius 1 is 1.04 bits per heavy atom. The molecule has 1 aromatic heterocycles. The Hall–Kier alpha value is -2.58. The lowest BCUT2D eigenvalue weighted by Gasteiger charge is -2.13. The van der Waals surface area contributed by atoms with E-state index in [1.165, 1.54) is 26.4 Å². The van der Waals surface area contributed by atoms with E-state index < -0.39 is 10.0 Å². The first-order valence-corrected chi connectivity index (χ1v) is 10.1. The smallest absolute Gasteiger partial charge is 0.265 e. The molecule has 0 spiro atoms. The van der Waals surface area contributed by atoms with Crippen LogP contribution in [0.3, 0.4) is 0 Å². The first kappa shape index (κ1) is 18.2. The van der Waals surface area contributed by atoms with Crippen LogP contribution in [0.1, 0.15) is 5.01 Å². The predicted octanol–water partition coefficient (Wildman–Crippen LogP) is 3.94. The van der Waals surface area contributed by atoms with Crippen LogP contribution in [0, 0.1) is 6.92 Å². The molecule has 3 aromatic rings. The summed E-state index contributed by atoms with van der Waals surface area (Å²) < 4.78 is 38.2. The lowest BCUT2D eigenvalue weighted by Crippen LogP contribution is -2.14. The topological polar surface area (TPSA) is 77.5 Å². The Morgan fingerprint density at radius 3 is 2.35 bits per heavy atom. The molecule has 0 bridgehead atoms. The van der Waals surface area contributed by atoms with Crippen LogP contribution >= 0.6 is 11.3 Å². The highest BCUT2D eigenvalue weighted by Crippen LogP contribution is 2.30. The largest absolute Gasteiger partial charge is 0.497 e. The minimum atomic E-state index is -3.80. The highest BCUT2D eigenvalue weighted by Gasteiger charge is 2.20. The van der Waals surface area contributed by atoms with Crippen molar-refractivity contribution in [3.63, 3.8) is 0 Å². The highest BCUT2D eigenvalue weighted by molar-refractivity contribution is 7.92. The van der Waals surface area contributed by atoms with Crippen molar-refractivity contribution in [2.45, 2.75) is 11.8 Å². The average Bonchev–Trinajstić information content (AvgIpc) is 3.07. The number of hydrogen-bond acceptors (Lipinski definition) is 6. The zero-order valence-corrected chi connectivity index (χ0v) is 16.1. The molecule has 0 radical (unpaired) electrons. The van der Waals surface area contributed by atoms with Crippen LogP contribution in [0.15, 0.2) is 52.7 Å². The van der Waals surface area contributed by atoms with Gasteiger partial charge in [-0.05, 0) is 31.2 Å². The molecule has 0 aliphatic heterocycles. The Bertz CT molecular complexity index is 1010. The molecule has 0 aliphatic rings. The molecule has 0 saturated heterocycles. The number of aryl methyl sites for hydroxylation is 1. The molecule has 0 atom stereocenters. The minimum Gasteiger partial charge on any atom is -0.497 e. The molecule has 8 heteroatoms. The number of anilines is 1. The van der Waals surface area contributed by atoms with E-state index in [-0.39, 0.29) is 10.6 Å². The summed E-state index contributed by atoms with van der Waals surface area (Å²) in [4.78, 5) is 4.46. The van der Waals surface area contributed by atoms with Crippen LogP contribution < -0.4 is 14.2 Å². The maximum absolute atomic E-state index is 12.7. The molecular weight excluding hydrogens is 372 g/mol. The maximum Gasteiger partial charge on any atom is 0.265 e. The van der Waals surface area contributed by atoms with Crippen LogP contribution in [0.25, 0.3) is 11.3 Å². The third-order valence-corrected chi connectivity index (χ3v) is 5.91. The zero-order valence-electron chi connectivity index (χ0n) is 14.5. The normalized spacial score (nSPS) is 11.2. The molecule has 0 amide bonds. The number of rotatable bonds is 6. The Labute approximate surface area is 156 Å². The maximum atomic E-state index is 12.7. The molecule has 0 unspecified atom stereocenters. The molecule has 3 rings (SSSR count). The molecule has 0 fully saturated rings. The molecule has 0 saturated carbocycles. The van der Waals surface area contributed by atoms with Crippen molar-refractivity contribution >= 4 is 27.0 Å². The van der Waals surface area contributed by atoms with Crippen LogP contribution in [0.2, 0.25) is 0 Å². The van der Waals surface area contributed by atoms with E-state index in [1.54, 1.807) is 29.5 Å². The summed E-state index contributed by atoms with van der Waals surface area (Å²) in [7, 11) is -0.877. The van der Waals surface area contributed by atoms with Crippen molar-refractivity contribution in [2.24, 2.45) is 0 Å². The van der Waals surface area contributed by atoms with Crippen molar-refractivity contribution in [2.75, 3.05) is 18.9 Å². The Kier molecular flexibility index (Phi) is 5.15. The number of nitrogens with zero attached hydrogens (tertiary/aromatic N) is 1. The van der Waals surface area contributed by atoms with Gasteiger partial charge in [-0.2, -0.15) is 0 Å². The van der Waals surface area contributed by atoms with Crippen LogP contribution in [0.5, 0.6) is 11.5 Å². The molecule has 0 aliphatic carbocycles. The fourth-order valence-corrected chi connectivity index (χ4v) is 4.24. The number of methoxy groups -OCH3 is 2. The third kappa shape index (κ3) is 3.81. The van der Waals surface area contributed by atoms with Crippen molar-refractivity contribution in [1.29, 1.82) is 0 Å². The van der Waals surface area contributed by atoms with Crippen LogP contribution in [0.4, 0.5) is 5.69 Å². The van der Waals surface area contributed by atoms with Gasteiger partial charge in [0.15, 0.2) is 0 Å². The number of hydrogen-bond donors (Lipinski definition) is 1. The number of ether oxygens (including phenoxy) is 2. The lowest BCUT2D eigenvalue weighted by molar-refractivity contribution is 0.386. The summed E-state index contributed by atoms with van der Waals surface area (Å²) in [6, 6.07) is 11.6. The van der Waals surface area contributed by atoms with Crippen molar-refractivity contribution in [3.05, 3.63) is 52.9 Å². The second-order valence-corrected chi connectivity index (χ2v) is 8.16. The van der Waals surface area contributed by atoms with Gasteiger partial charge >= 0.3 is 0 Å². The van der Waals surface area contributed by atoms with Gasteiger partial charge in [-0.1, -0.05) is 12.1 Å². The van der Waals surface area contributed by atoms with Gasteiger partial charge in [-0.3, -0.25) is 4.72 Å². The molecule has 136 valence electrons. The van der Waals surface area contributed by atoms with Crippen LogP contribution in [-0.2, 0) is 10.0 Å². The zero-order chi connectivity index (χ0) is 18.7. The lowest BCUT2D eigenvalue weighted by atomic mass is 10.1. The molecule has 6 nitrogen and oxygen atoms in total. The van der Waals surface area contributed by atoms with Gasteiger partial charge in [-0.25, -0.2) is 13.4 Å². The first-order valence-electron chi connectivity index (χ1n) is 7.70. The van der Waals surface area contributed by atoms with Crippen molar-refractivity contribution in [1.82, 2.24) is 4.98 Å². The highest BCUT2D eigenvalue weighted by atomic mass is 32.2. The van der Waals surface area contributed by atoms with E-state index in [4.69, 9.17) is 9.47 Å². The van der Waals surface area contributed by atoms with Gasteiger partial charge in [0, 0.05) is 22.7 Å². The second-order valence-electron chi connectivity index (χ2n) is 5.45. The van der Waals surface area contributed by atoms with E-state index in [9.17, 15) is 8.42 Å². The van der Waals surface area contributed by atoms with Gasteiger partial charge < -0.3 is 9.47 Å². The van der Waals surface area contributed by atoms with E-state index in [2.05, 4.69) is 9.71 Å². The molecule has 1 N–H and O–H groups in total. The monoisotopic (exact) mass is 390 g/mol. The molecular formula is C18H18N2O4S2. The van der Waals surface area contributed by atoms with E-state index in [0.717, 1.165) is 16.3 Å². The summed E-state index contributed by atoms with van der Waals surface area (Å²) in [5.74, 6) is 0.732. The van der Waals surface area contributed by atoms with E-state index >= 15 is 0 Å². The van der Waals surface area contributed by atoms with Crippen LogP contribution in [-0.4, -0.2) is 27.6 Å². The van der Waals surface area contributed by atoms with Gasteiger partial charge in [0.05, 0.1) is 24.9 Å². The number of benzene rings is 2. The number of thiazole rings is 1. The minimum absolute atomic E-state index is 0.0417. The molecule has 1 heterocycles. The van der Waals surface area contributed by atoms with Gasteiger partial charge in [0.25, 0.3) is 10.0 Å². The molecule has 2 aromatic carbocycles. The standard InChI is InChI=1S/C18H18N2O4S2/c1-12-19-16(11-25-12)13-4-6-14(7-5-13)20-26(21,22)18-9-8-15(23-2)10-17(18)24-3/h4-11,20H,1-3H3. The van der Waals surface area contributed by atoms with E-state index in [0.29, 0.717) is 11.4 Å². The number of nitrogens with one attached hydrogen (secondary N) is 1. The summed E-state index contributed by atoms with van der Waals surface area (Å²) in [5.41, 5.74) is 2.26. The average molecular weight is 390 g/mol. The van der Waals surface area contributed by atoms with Gasteiger partial charge in [0.1, 0.15) is 16.4 Å².